The summed E-state index contributed by atoms with van der Waals surface area (Å²) < 4.78 is 0. The van der Waals surface area contributed by atoms with Crippen molar-refractivity contribution < 1.29 is 10.2 Å². The smallest absolute Gasteiger partial charge is 0.158 e. The maximum Gasteiger partial charge on any atom is 0.158 e. The first-order chi connectivity index (χ1) is 12.2. The highest BCUT2D eigenvalue weighted by Gasteiger charge is 2.10. The largest absolute Gasteiger partial charge is 0.504 e. The number of fused-ring (bicyclic) bond motifs is 1. The second kappa shape index (κ2) is 10.2. The van der Waals surface area contributed by atoms with Gasteiger partial charge in [0.25, 0.3) is 0 Å². The van der Waals surface area contributed by atoms with Crippen LogP contribution in [0.1, 0.15) is 70.8 Å². The quantitative estimate of drug-likeness (QED) is 0.328. The molecule has 2 aromatic carbocycles. The molecule has 0 aliphatic rings. The number of phenolic OH excluding ortho intramolecular Hbond substituents is 2. The first-order valence-corrected chi connectivity index (χ1v) is 9.88. The minimum atomic E-state index is -0.0530. The van der Waals surface area contributed by atoms with Crippen molar-refractivity contribution in [3.05, 3.63) is 29.8 Å². The van der Waals surface area contributed by atoms with Gasteiger partial charge in [0.1, 0.15) is 0 Å². The molecule has 0 saturated heterocycles. The fourth-order valence-electron chi connectivity index (χ4n) is 3.30. The third-order valence-electron chi connectivity index (χ3n) is 4.85. The molecule has 3 N–H and O–H groups in total. The Bertz CT molecular complexity index is 667. The Labute approximate surface area is 152 Å². The lowest BCUT2D eigenvalue weighted by Crippen LogP contribution is -2.02. The molecule has 0 aliphatic carbocycles. The fourth-order valence-corrected chi connectivity index (χ4v) is 3.30. The van der Waals surface area contributed by atoms with Crippen LogP contribution in [0.15, 0.2) is 24.3 Å². The predicted molar refractivity (Wildman–Crippen MR) is 108 cm³/mol. The van der Waals surface area contributed by atoms with Crippen LogP contribution >= 0.6 is 0 Å². The van der Waals surface area contributed by atoms with Gasteiger partial charge in [0.05, 0.1) is 0 Å². The standard InChI is InChI=1S/C22H33NO2/c1-3-5-7-8-9-10-14-23-20-13-12-17(11-6-4-2)18-15-21(24)22(25)16-19(18)20/h12-13,15-16,23-25H,3-11,14H2,1-2H3. The SMILES string of the molecule is CCCCCCCCNc1ccc(CCCC)c2cc(O)c(O)cc12. The van der Waals surface area contributed by atoms with Gasteiger partial charge in [-0.2, -0.15) is 0 Å². The second-order valence-electron chi connectivity index (χ2n) is 6.96. The van der Waals surface area contributed by atoms with Crippen LogP contribution in [0, 0.1) is 0 Å². The summed E-state index contributed by atoms with van der Waals surface area (Å²) in [5, 5.41) is 25.4. The van der Waals surface area contributed by atoms with E-state index in [2.05, 4.69) is 31.3 Å². The third-order valence-corrected chi connectivity index (χ3v) is 4.85. The first kappa shape index (κ1) is 19.4. The molecule has 0 radical (unpaired) electrons. The van der Waals surface area contributed by atoms with Gasteiger partial charge in [-0.15, -0.1) is 0 Å². The number of aryl methyl sites for hydroxylation is 1. The lowest BCUT2D eigenvalue weighted by Gasteiger charge is -2.14. The zero-order valence-electron chi connectivity index (χ0n) is 15.8. The maximum absolute atomic E-state index is 9.92. The van der Waals surface area contributed by atoms with Gasteiger partial charge in [0, 0.05) is 17.6 Å². The summed E-state index contributed by atoms with van der Waals surface area (Å²) in [4.78, 5) is 0. The minimum Gasteiger partial charge on any atom is -0.504 e. The molecule has 0 heterocycles. The molecule has 0 spiro atoms. The van der Waals surface area contributed by atoms with Crippen molar-refractivity contribution in [3.8, 4) is 11.5 Å². The van der Waals surface area contributed by atoms with E-state index in [4.69, 9.17) is 0 Å². The highest BCUT2D eigenvalue weighted by atomic mass is 16.3. The first-order valence-electron chi connectivity index (χ1n) is 9.88. The molecular weight excluding hydrogens is 310 g/mol. The predicted octanol–water partition coefficient (Wildman–Crippen LogP) is 6.37. The Balaban J connectivity index is 2.08. The van der Waals surface area contributed by atoms with E-state index in [-0.39, 0.29) is 11.5 Å². The van der Waals surface area contributed by atoms with Crippen molar-refractivity contribution in [1.82, 2.24) is 0 Å². The number of nitrogens with one attached hydrogen (secondary N) is 1. The van der Waals surface area contributed by atoms with Gasteiger partial charge in [0.2, 0.25) is 0 Å². The van der Waals surface area contributed by atoms with Gasteiger partial charge < -0.3 is 15.5 Å². The van der Waals surface area contributed by atoms with E-state index in [0.29, 0.717) is 0 Å². The van der Waals surface area contributed by atoms with Crippen molar-refractivity contribution >= 4 is 16.5 Å². The number of unbranched alkanes of at least 4 members (excludes halogenated alkanes) is 6. The number of benzene rings is 2. The molecule has 3 nitrogen and oxygen atoms in total. The number of rotatable bonds is 11. The molecular formula is C22H33NO2. The summed E-state index contributed by atoms with van der Waals surface area (Å²) in [5.74, 6) is -0.0962. The van der Waals surface area contributed by atoms with Gasteiger partial charge in [-0.3, -0.25) is 0 Å². The van der Waals surface area contributed by atoms with Gasteiger partial charge in [-0.25, -0.2) is 0 Å². The van der Waals surface area contributed by atoms with E-state index >= 15 is 0 Å². The highest BCUT2D eigenvalue weighted by Crippen LogP contribution is 2.36. The average Bonchev–Trinajstić information content (AvgIpc) is 2.61. The molecule has 0 aromatic heterocycles. The second-order valence-corrected chi connectivity index (χ2v) is 6.96. The topological polar surface area (TPSA) is 52.5 Å². The Hall–Kier alpha value is -1.90. The van der Waals surface area contributed by atoms with Crippen molar-refractivity contribution in [2.24, 2.45) is 0 Å². The van der Waals surface area contributed by atoms with Crippen LogP contribution in [0.4, 0.5) is 5.69 Å². The van der Waals surface area contributed by atoms with E-state index in [1.54, 1.807) is 12.1 Å². The molecule has 0 bridgehead atoms. The maximum atomic E-state index is 9.92. The molecule has 2 aromatic rings. The van der Waals surface area contributed by atoms with Crippen molar-refractivity contribution in [3.63, 3.8) is 0 Å². The van der Waals surface area contributed by atoms with E-state index in [9.17, 15) is 10.2 Å². The van der Waals surface area contributed by atoms with Gasteiger partial charge in [-0.05, 0) is 48.4 Å². The molecule has 2 rings (SSSR count). The number of phenols is 2. The van der Waals surface area contributed by atoms with Crippen LogP contribution in [0.25, 0.3) is 10.8 Å². The minimum absolute atomic E-state index is 0.0432. The van der Waals surface area contributed by atoms with E-state index in [1.807, 2.05) is 0 Å². The molecule has 0 amide bonds. The Morgan fingerprint density at radius 3 is 2.12 bits per heavy atom. The summed E-state index contributed by atoms with van der Waals surface area (Å²) in [5.41, 5.74) is 2.27. The van der Waals surface area contributed by atoms with E-state index in [1.165, 1.54) is 37.7 Å². The number of aromatic hydroxyl groups is 2. The van der Waals surface area contributed by atoms with Crippen LogP contribution in [0.5, 0.6) is 11.5 Å². The van der Waals surface area contributed by atoms with E-state index < -0.39 is 0 Å². The van der Waals surface area contributed by atoms with Crippen LogP contribution in [0.2, 0.25) is 0 Å². The molecule has 3 heteroatoms. The molecule has 0 aliphatic heterocycles. The lowest BCUT2D eigenvalue weighted by atomic mass is 9.98. The van der Waals surface area contributed by atoms with E-state index in [0.717, 1.165) is 48.7 Å². The molecule has 0 unspecified atom stereocenters. The summed E-state index contributed by atoms with van der Waals surface area (Å²) in [6.45, 7) is 5.36. The normalized spacial score (nSPS) is 11.1. The fraction of sp³-hybridized carbons (Fsp3) is 0.545. The van der Waals surface area contributed by atoms with Crippen LogP contribution in [-0.2, 0) is 6.42 Å². The van der Waals surface area contributed by atoms with Gasteiger partial charge in [0.15, 0.2) is 11.5 Å². The molecule has 0 atom stereocenters. The number of hydrogen-bond donors (Lipinski definition) is 3. The monoisotopic (exact) mass is 343 g/mol. The Kier molecular flexibility index (Phi) is 7.90. The van der Waals surface area contributed by atoms with Crippen molar-refractivity contribution in [2.75, 3.05) is 11.9 Å². The van der Waals surface area contributed by atoms with Crippen molar-refractivity contribution in [1.29, 1.82) is 0 Å². The van der Waals surface area contributed by atoms with Gasteiger partial charge in [-0.1, -0.05) is 58.4 Å². The number of hydrogen-bond acceptors (Lipinski definition) is 3. The molecule has 0 saturated carbocycles. The lowest BCUT2D eigenvalue weighted by molar-refractivity contribution is 0.405. The molecule has 0 fully saturated rings. The summed E-state index contributed by atoms with van der Waals surface area (Å²) >= 11 is 0. The zero-order chi connectivity index (χ0) is 18.1. The molecule has 138 valence electrons. The summed E-state index contributed by atoms with van der Waals surface area (Å²) in [6, 6.07) is 7.65. The Morgan fingerprint density at radius 2 is 1.40 bits per heavy atom. The Morgan fingerprint density at radius 1 is 0.760 bits per heavy atom. The van der Waals surface area contributed by atoms with Gasteiger partial charge >= 0.3 is 0 Å². The average molecular weight is 344 g/mol. The summed E-state index contributed by atoms with van der Waals surface area (Å²) in [7, 11) is 0. The van der Waals surface area contributed by atoms with Crippen molar-refractivity contribution in [2.45, 2.75) is 71.6 Å². The van der Waals surface area contributed by atoms with Crippen LogP contribution in [0.3, 0.4) is 0 Å². The summed E-state index contributed by atoms with van der Waals surface area (Å²) in [6.07, 6.45) is 10.9. The van der Waals surface area contributed by atoms with Crippen LogP contribution in [-0.4, -0.2) is 16.8 Å². The molecule has 25 heavy (non-hydrogen) atoms. The highest BCUT2D eigenvalue weighted by molar-refractivity contribution is 5.98. The third kappa shape index (κ3) is 5.55. The number of anilines is 1. The zero-order valence-corrected chi connectivity index (χ0v) is 15.8. The van der Waals surface area contributed by atoms with Crippen LogP contribution < -0.4 is 5.32 Å².